The molecule has 1 aromatic carbocycles. The van der Waals surface area contributed by atoms with Gasteiger partial charge in [-0.05, 0) is 19.1 Å². The van der Waals surface area contributed by atoms with E-state index in [1.165, 1.54) is 11.8 Å². The number of hydrogen-bond donors (Lipinski definition) is 1. The summed E-state index contributed by atoms with van der Waals surface area (Å²) in [5, 5.41) is 2.63. The van der Waals surface area contributed by atoms with Crippen molar-refractivity contribution in [2.75, 3.05) is 16.8 Å². The van der Waals surface area contributed by atoms with E-state index in [1.807, 2.05) is 0 Å². The van der Waals surface area contributed by atoms with E-state index < -0.39 is 11.7 Å². The number of Topliss-reactive ketones (excluding diaryl/α,β-unsaturated/α-hetero) is 1. The number of carbonyl (C=O) groups is 3. The average molecular weight is 232 g/mol. The number of fused-ring (bicyclic) bond motifs is 1. The molecule has 17 heavy (non-hydrogen) atoms. The number of amides is 2. The normalized spacial score (nSPS) is 13.9. The highest BCUT2D eigenvalue weighted by Crippen LogP contribution is 2.35. The smallest absolute Gasteiger partial charge is 0.299 e. The molecular formula is C12H12N2O3. The summed E-state index contributed by atoms with van der Waals surface area (Å²) in [7, 11) is 0. The van der Waals surface area contributed by atoms with Crippen LogP contribution in [0.4, 0.5) is 11.4 Å². The number of benzene rings is 1. The second-order valence-electron chi connectivity index (χ2n) is 3.76. The predicted octanol–water partition coefficient (Wildman–Crippen LogP) is 1.19. The van der Waals surface area contributed by atoms with Crippen molar-refractivity contribution in [3.05, 3.63) is 23.8 Å². The Hall–Kier alpha value is -2.17. The molecule has 0 fully saturated rings. The number of nitrogens with one attached hydrogen (secondary N) is 1. The third kappa shape index (κ3) is 1.69. The van der Waals surface area contributed by atoms with Crippen LogP contribution in [0.15, 0.2) is 18.2 Å². The van der Waals surface area contributed by atoms with E-state index in [0.29, 0.717) is 23.5 Å². The first-order valence-corrected chi connectivity index (χ1v) is 5.33. The highest BCUT2D eigenvalue weighted by atomic mass is 16.2. The van der Waals surface area contributed by atoms with Crippen LogP contribution in [0.3, 0.4) is 0 Å². The standard InChI is InChI=1S/C12H12N2O3/c1-3-14-10-8(11(16)12(14)17)5-4-6-9(10)13-7(2)15/h4-6H,3H2,1-2H3,(H,13,15). The molecule has 0 saturated carbocycles. The van der Waals surface area contributed by atoms with Crippen LogP contribution in [0.2, 0.25) is 0 Å². The quantitative estimate of drug-likeness (QED) is 0.779. The molecule has 0 spiro atoms. The Labute approximate surface area is 98.4 Å². The van der Waals surface area contributed by atoms with E-state index in [9.17, 15) is 14.4 Å². The van der Waals surface area contributed by atoms with Crippen LogP contribution in [0.5, 0.6) is 0 Å². The minimum Gasteiger partial charge on any atom is -0.325 e. The number of para-hydroxylation sites is 1. The molecule has 2 rings (SSSR count). The lowest BCUT2D eigenvalue weighted by atomic mass is 10.1. The Balaban J connectivity index is 2.58. The molecule has 0 aliphatic carbocycles. The zero-order chi connectivity index (χ0) is 12.6. The number of rotatable bonds is 2. The van der Waals surface area contributed by atoms with Gasteiger partial charge in [0, 0.05) is 13.5 Å². The maximum Gasteiger partial charge on any atom is 0.299 e. The molecule has 2 amide bonds. The van der Waals surface area contributed by atoms with Gasteiger partial charge in [-0.25, -0.2) is 0 Å². The van der Waals surface area contributed by atoms with Gasteiger partial charge in [-0.1, -0.05) is 6.07 Å². The van der Waals surface area contributed by atoms with Crippen molar-refractivity contribution in [1.29, 1.82) is 0 Å². The second kappa shape index (κ2) is 4.01. The third-order valence-corrected chi connectivity index (χ3v) is 2.62. The molecule has 0 aromatic heterocycles. The van der Waals surface area contributed by atoms with Gasteiger partial charge in [-0.2, -0.15) is 0 Å². The van der Waals surface area contributed by atoms with Gasteiger partial charge >= 0.3 is 0 Å². The van der Waals surface area contributed by atoms with Gasteiger partial charge in [0.05, 0.1) is 16.9 Å². The molecular weight excluding hydrogens is 220 g/mol. The number of hydrogen-bond acceptors (Lipinski definition) is 3. The first-order chi connectivity index (χ1) is 8.06. The summed E-state index contributed by atoms with van der Waals surface area (Å²) in [4.78, 5) is 35.8. The maximum absolute atomic E-state index is 11.7. The highest BCUT2D eigenvalue weighted by molar-refractivity contribution is 6.53. The van der Waals surface area contributed by atoms with Crippen molar-refractivity contribution in [2.45, 2.75) is 13.8 Å². The molecule has 1 aliphatic rings. The number of carbonyl (C=O) groups excluding carboxylic acids is 3. The Morgan fingerprint density at radius 2 is 2.06 bits per heavy atom. The highest BCUT2D eigenvalue weighted by Gasteiger charge is 2.36. The van der Waals surface area contributed by atoms with Gasteiger partial charge in [0.25, 0.3) is 11.7 Å². The van der Waals surface area contributed by atoms with Crippen molar-refractivity contribution in [1.82, 2.24) is 0 Å². The van der Waals surface area contributed by atoms with E-state index in [4.69, 9.17) is 0 Å². The summed E-state index contributed by atoms with van der Waals surface area (Å²) in [5.74, 6) is -1.30. The number of nitrogens with zero attached hydrogens (tertiary/aromatic N) is 1. The molecule has 0 bridgehead atoms. The SMILES string of the molecule is CCN1C(=O)C(=O)c2cccc(NC(C)=O)c21. The van der Waals surface area contributed by atoms with Crippen LogP contribution in [0.25, 0.3) is 0 Å². The van der Waals surface area contributed by atoms with E-state index in [2.05, 4.69) is 5.32 Å². The Morgan fingerprint density at radius 3 is 2.65 bits per heavy atom. The first kappa shape index (κ1) is 11.3. The van der Waals surface area contributed by atoms with Crippen LogP contribution in [-0.4, -0.2) is 24.1 Å². The molecule has 88 valence electrons. The Morgan fingerprint density at radius 1 is 1.35 bits per heavy atom. The lowest BCUT2D eigenvalue weighted by molar-refractivity contribution is -0.115. The minimum absolute atomic E-state index is 0.235. The fourth-order valence-corrected chi connectivity index (χ4v) is 1.95. The fourth-order valence-electron chi connectivity index (χ4n) is 1.95. The summed E-state index contributed by atoms with van der Waals surface area (Å²) in [6.45, 7) is 3.56. The summed E-state index contributed by atoms with van der Waals surface area (Å²) < 4.78 is 0. The number of anilines is 2. The number of ketones is 1. The van der Waals surface area contributed by atoms with Crippen LogP contribution in [0, 0.1) is 0 Å². The molecule has 0 unspecified atom stereocenters. The predicted molar refractivity (Wildman–Crippen MR) is 63.1 cm³/mol. The van der Waals surface area contributed by atoms with Crippen molar-refractivity contribution in [3.63, 3.8) is 0 Å². The zero-order valence-electron chi connectivity index (χ0n) is 9.61. The monoisotopic (exact) mass is 232 g/mol. The number of likely N-dealkylation sites (N-methyl/N-ethyl adjacent to an activating group) is 1. The van der Waals surface area contributed by atoms with Crippen LogP contribution in [0.1, 0.15) is 24.2 Å². The van der Waals surface area contributed by atoms with E-state index in [1.54, 1.807) is 25.1 Å². The molecule has 1 heterocycles. The lowest BCUT2D eigenvalue weighted by Gasteiger charge is -2.17. The van der Waals surface area contributed by atoms with Crippen molar-refractivity contribution in [3.8, 4) is 0 Å². The molecule has 0 radical (unpaired) electrons. The fraction of sp³-hybridized carbons (Fsp3) is 0.250. The van der Waals surface area contributed by atoms with Gasteiger partial charge in [0.1, 0.15) is 0 Å². The Kier molecular flexibility index (Phi) is 2.67. The van der Waals surface area contributed by atoms with Gasteiger partial charge in [-0.3, -0.25) is 14.4 Å². The molecule has 1 N–H and O–H groups in total. The average Bonchev–Trinajstić information content (AvgIpc) is 2.53. The zero-order valence-corrected chi connectivity index (χ0v) is 9.61. The Bertz CT molecular complexity index is 522. The van der Waals surface area contributed by atoms with E-state index in [-0.39, 0.29) is 5.91 Å². The molecule has 0 saturated heterocycles. The van der Waals surface area contributed by atoms with Gasteiger partial charge in [-0.15, -0.1) is 0 Å². The summed E-state index contributed by atoms with van der Waals surface area (Å²) >= 11 is 0. The summed E-state index contributed by atoms with van der Waals surface area (Å²) in [6, 6.07) is 4.92. The van der Waals surface area contributed by atoms with Crippen LogP contribution in [-0.2, 0) is 9.59 Å². The molecule has 5 heteroatoms. The second-order valence-corrected chi connectivity index (χ2v) is 3.76. The van der Waals surface area contributed by atoms with Gasteiger partial charge < -0.3 is 10.2 Å². The van der Waals surface area contributed by atoms with Crippen LogP contribution < -0.4 is 10.2 Å². The molecule has 5 nitrogen and oxygen atoms in total. The van der Waals surface area contributed by atoms with E-state index >= 15 is 0 Å². The van der Waals surface area contributed by atoms with Crippen LogP contribution >= 0.6 is 0 Å². The lowest BCUT2D eigenvalue weighted by Crippen LogP contribution is -2.29. The minimum atomic E-state index is -0.541. The first-order valence-electron chi connectivity index (χ1n) is 5.33. The third-order valence-electron chi connectivity index (χ3n) is 2.62. The largest absolute Gasteiger partial charge is 0.325 e. The van der Waals surface area contributed by atoms with Crippen molar-refractivity contribution < 1.29 is 14.4 Å². The molecule has 0 atom stereocenters. The van der Waals surface area contributed by atoms with Crippen molar-refractivity contribution in [2.24, 2.45) is 0 Å². The summed E-state index contributed by atoms with van der Waals surface area (Å²) in [6.07, 6.45) is 0. The van der Waals surface area contributed by atoms with Crippen molar-refractivity contribution >= 4 is 29.0 Å². The van der Waals surface area contributed by atoms with Gasteiger partial charge in [0.2, 0.25) is 5.91 Å². The maximum atomic E-state index is 11.7. The topological polar surface area (TPSA) is 66.5 Å². The molecule has 1 aromatic rings. The summed E-state index contributed by atoms with van der Waals surface area (Å²) in [5.41, 5.74) is 1.35. The molecule has 1 aliphatic heterocycles. The van der Waals surface area contributed by atoms with Gasteiger partial charge in [0.15, 0.2) is 0 Å². The van der Waals surface area contributed by atoms with E-state index in [0.717, 1.165) is 0 Å².